The third-order valence-corrected chi connectivity index (χ3v) is 7.66. The van der Waals surface area contributed by atoms with E-state index in [1.807, 2.05) is 44.2 Å². The summed E-state index contributed by atoms with van der Waals surface area (Å²) in [4.78, 5) is 30.8. The molecule has 0 spiro atoms. The molecule has 0 aliphatic carbocycles. The van der Waals surface area contributed by atoms with E-state index in [2.05, 4.69) is 11.8 Å². The van der Waals surface area contributed by atoms with Crippen molar-refractivity contribution in [2.75, 3.05) is 52.6 Å². The van der Waals surface area contributed by atoms with Crippen LogP contribution < -0.4 is 9.47 Å². The van der Waals surface area contributed by atoms with Crippen LogP contribution in [0.5, 0.6) is 11.5 Å². The molecule has 4 rings (SSSR count). The van der Waals surface area contributed by atoms with Gasteiger partial charge in [0.2, 0.25) is 0 Å². The fourth-order valence-electron chi connectivity index (χ4n) is 5.39. The number of amides is 1. The number of aryl methyl sites for hydroxylation is 1. The standard InChI is InChI=1S/C33H44N2O6/c1-4-6-7-20-41-26-11-9-25(10-12-26)30-29(31(36)28-14-13-27(23-24(28)3)40-19-5-2)32(37)33(38)35(30)16-8-15-34-17-21-39-22-18-34/h9-14,23,30,36H,4-8,15-22H2,1-3H3. The molecule has 1 atom stereocenters. The Labute approximate surface area is 243 Å². The lowest BCUT2D eigenvalue weighted by molar-refractivity contribution is -0.140. The van der Waals surface area contributed by atoms with Gasteiger partial charge in [-0.15, -0.1) is 0 Å². The molecular weight excluding hydrogens is 520 g/mol. The molecule has 2 aliphatic heterocycles. The van der Waals surface area contributed by atoms with Gasteiger partial charge < -0.3 is 24.2 Å². The second-order valence-corrected chi connectivity index (χ2v) is 10.7. The molecule has 2 saturated heterocycles. The number of ether oxygens (including phenoxy) is 3. The molecule has 2 heterocycles. The molecule has 8 heteroatoms. The zero-order valence-electron chi connectivity index (χ0n) is 24.7. The highest BCUT2D eigenvalue weighted by Crippen LogP contribution is 2.40. The van der Waals surface area contributed by atoms with E-state index in [4.69, 9.17) is 14.2 Å². The third kappa shape index (κ3) is 7.68. The normalized spacial score (nSPS) is 19.1. The van der Waals surface area contributed by atoms with E-state index in [1.165, 1.54) is 0 Å². The molecular formula is C33H44N2O6. The number of carbonyl (C=O) groups is 2. The van der Waals surface area contributed by atoms with Crippen LogP contribution in [0.25, 0.3) is 5.76 Å². The van der Waals surface area contributed by atoms with Crippen molar-refractivity contribution in [2.45, 2.75) is 58.9 Å². The summed E-state index contributed by atoms with van der Waals surface area (Å²) in [5.74, 6) is 0.0371. The number of nitrogens with zero attached hydrogens (tertiary/aromatic N) is 2. The van der Waals surface area contributed by atoms with Gasteiger partial charge in [0.05, 0.1) is 38.0 Å². The van der Waals surface area contributed by atoms with Crippen LogP contribution >= 0.6 is 0 Å². The number of Topliss-reactive ketones (excluding diaryl/α,β-unsaturated/α-hetero) is 1. The van der Waals surface area contributed by atoms with Crippen molar-refractivity contribution in [3.63, 3.8) is 0 Å². The van der Waals surface area contributed by atoms with E-state index in [0.717, 1.165) is 62.2 Å². The minimum Gasteiger partial charge on any atom is -0.507 e. The zero-order chi connectivity index (χ0) is 29.2. The molecule has 1 amide bonds. The summed E-state index contributed by atoms with van der Waals surface area (Å²) in [5.41, 5.74) is 2.16. The van der Waals surface area contributed by atoms with E-state index in [1.54, 1.807) is 17.0 Å². The fourth-order valence-corrected chi connectivity index (χ4v) is 5.39. The largest absolute Gasteiger partial charge is 0.507 e. The van der Waals surface area contributed by atoms with E-state index in [0.29, 0.717) is 50.7 Å². The van der Waals surface area contributed by atoms with E-state index in [-0.39, 0.29) is 11.3 Å². The smallest absolute Gasteiger partial charge is 0.295 e. The quantitative estimate of drug-likeness (QED) is 0.140. The number of hydrogen-bond donors (Lipinski definition) is 1. The number of aliphatic hydroxyl groups excluding tert-OH is 1. The summed E-state index contributed by atoms with van der Waals surface area (Å²) < 4.78 is 17.1. The minimum atomic E-state index is -0.691. The van der Waals surface area contributed by atoms with Gasteiger partial charge in [0.1, 0.15) is 17.3 Å². The molecule has 2 aromatic rings. The first-order chi connectivity index (χ1) is 19.9. The van der Waals surface area contributed by atoms with Crippen LogP contribution in [0.2, 0.25) is 0 Å². The SMILES string of the molecule is CCCCCOc1ccc(C2C(=C(O)c3ccc(OCCC)cc3C)C(=O)C(=O)N2CCCN2CCOCC2)cc1. The monoisotopic (exact) mass is 564 g/mol. The Morgan fingerprint density at radius 2 is 1.61 bits per heavy atom. The Morgan fingerprint density at radius 3 is 2.29 bits per heavy atom. The van der Waals surface area contributed by atoms with Crippen molar-refractivity contribution in [1.29, 1.82) is 0 Å². The number of ketones is 1. The lowest BCUT2D eigenvalue weighted by Crippen LogP contribution is -2.38. The Balaban J connectivity index is 1.63. The molecule has 1 unspecified atom stereocenters. The number of hydrogen-bond acceptors (Lipinski definition) is 7. The molecule has 2 fully saturated rings. The Kier molecular flexibility index (Phi) is 11.2. The average molecular weight is 565 g/mol. The van der Waals surface area contributed by atoms with Crippen molar-refractivity contribution in [2.24, 2.45) is 0 Å². The lowest BCUT2D eigenvalue weighted by Gasteiger charge is -2.29. The van der Waals surface area contributed by atoms with Gasteiger partial charge in [-0.2, -0.15) is 0 Å². The maximum atomic E-state index is 13.5. The van der Waals surface area contributed by atoms with Crippen LogP contribution in [-0.2, 0) is 14.3 Å². The molecule has 8 nitrogen and oxygen atoms in total. The highest BCUT2D eigenvalue weighted by Gasteiger charge is 2.46. The van der Waals surface area contributed by atoms with Crippen LogP contribution in [0.1, 0.15) is 68.7 Å². The van der Waals surface area contributed by atoms with Crippen LogP contribution in [-0.4, -0.2) is 79.2 Å². The maximum Gasteiger partial charge on any atom is 0.295 e. The summed E-state index contributed by atoms with van der Waals surface area (Å²) in [6, 6.07) is 12.2. The zero-order valence-corrected chi connectivity index (χ0v) is 24.7. The first-order valence-electron chi connectivity index (χ1n) is 15.0. The summed E-state index contributed by atoms with van der Waals surface area (Å²) in [6.07, 6.45) is 4.83. The van der Waals surface area contributed by atoms with Gasteiger partial charge >= 0.3 is 0 Å². The van der Waals surface area contributed by atoms with Crippen molar-refractivity contribution in [1.82, 2.24) is 9.80 Å². The van der Waals surface area contributed by atoms with Crippen molar-refractivity contribution < 1.29 is 28.9 Å². The van der Waals surface area contributed by atoms with Crippen molar-refractivity contribution >= 4 is 17.4 Å². The average Bonchev–Trinajstić information content (AvgIpc) is 3.24. The molecule has 2 aliphatic rings. The summed E-state index contributed by atoms with van der Waals surface area (Å²) >= 11 is 0. The molecule has 1 N–H and O–H groups in total. The van der Waals surface area contributed by atoms with Crippen molar-refractivity contribution in [3.8, 4) is 11.5 Å². The van der Waals surface area contributed by atoms with E-state index < -0.39 is 17.7 Å². The number of rotatable bonds is 14. The van der Waals surface area contributed by atoms with E-state index >= 15 is 0 Å². The van der Waals surface area contributed by atoms with Crippen molar-refractivity contribution in [3.05, 3.63) is 64.7 Å². The Hall–Kier alpha value is -3.36. The second kappa shape index (κ2) is 15.0. The maximum absolute atomic E-state index is 13.5. The third-order valence-electron chi connectivity index (χ3n) is 7.66. The van der Waals surface area contributed by atoms with Gasteiger partial charge in [-0.05, 0) is 67.6 Å². The molecule has 222 valence electrons. The summed E-state index contributed by atoms with van der Waals surface area (Å²) in [7, 11) is 0. The summed E-state index contributed by atoms with van der Waals surface area (Å²) in [6.45, 7) is 11.6. The lowest BCUT2D eigenvalue weighted by atomic mass is 9.93. The number of likely N-dealkylation sites (tertiary alicyclic amines) is 1. The molecule has 41 heavy (non-hydrogen) atoms. The van der Waals surface area contributed by atoms with Gasteiger partial charge in [-0.25, -0.2) is 0 Å². The minimum absolute atomic E-state index is 0.114. The van der Waals surface area contributed by atoms with E-state index in [9.17, 15) is 14.7 Å². The summed E-state index contributed by atoms with van der Waals surface area (Å²) in [5, 5.41) is 11.5. The first kappa shape index (κ1) is 30.6. The number of morpholine rings is 1. The van der Waals surface area contributed by atoms with Crippen LogP contribution in [0.3, 0.4) is 0 Å². The molecule has 0 bridgehead atoms. The Morgan fingerprint density at radius 1 is 0.902 bits per heavy atom. The van der Waals surface area contributed by atoms with Crippen LogP contribution in [0.4, 0.5) is 0 Å². The molecule has 2 aromatic carbocycles. The molecule has 0 radical (unpaired) electrons. The van der Waals surface area contributed by atoms with Gasteiger partial charge in [0.15, 0.2) is 0 Å². The Bertz CT molecular complexity index is 1200. The first-order valence-corrected chi connectivity index (χ1v) is 15.0. The van der Waals surface area contributed by atoms with Crippen LogP contribution in [0.15, 0.2) is 48.0 Å². The number of carbonyl (C=O) groups excluding carboxylic acids is 2. The van der Waals surface area contributed by atoms with Crippen LogP contribution in [0, 0.1) is 6.92 Å². The number of unbranched alkanes of at least 4 members (excludes halogenated alkanes) is 2. The fraction of sp³-hybridized carbons (Fsp3) is 0.515. The van der Waals surface area contributed by atoms with Gasteiger partial charge in [-0.1, -0.05) is 38.8 Å². The molecule has 0 aromatic heterocycles. The molecule has 0 saturated carbocycles. The van der Waals surface area contributed by atoms with Gasteiger partial charge in [0.25, 0.3) is 11.7 Å². The number of aliphatic hydroxyl groups is 1. The van der Waals surface area contributed by atoms with Gasteiger partial charge in [0, 0.05) is 31.7 Å². The topological polar surface area (TPSA) is 88.5 Å². The highest BCUT2D eigenvalue weighted by atomic mass is 16.5. The number of benzene rings is 2. The second-order valence-electron chi connectivity index (χ2n) is 10.7. The predicted molar refractivity (Wildman–Crippen MR) is 159 cm³/mol. The van der Waals surface area contributed by atoms with Gasteiger partial charge in [-0.3, -0.25) is 14.5 Å². The predicted octanol–water partition coefficient (Wildman–Crippen LogP) is 5.50. The highest BCUT2D eigenvalue weighted by molar-refractivity contribution is 6.46.